The lowest BCUT2D eigenvalue weighted by Gasteiger charge is -2.05. The molecule has 0 amide bonds. The topological polar surface area (TPSA) is 129 Å². The monoisotopic (exact) mass is 335 g/mol. The van der Waals surface area contributed by atoms with E-state index in [0.717, 1.165) is 5.39 Å². The van der Waals surface area contributed by atoms with Gasteiger partial charge in [-0.1, -0.05) is 12.1 Å². The first kappa shape index (κ1) is 16.1. The van der Waals surface area contributed by atoms with E-state index < -0.39 is 5.97 Å². The molecule has 124 valence electrons. The number of tetrazole rings is 1. The Morgan fingerprint density at radius 2 is 2.24 bits per heavy atom. The lowest BCUT2D eigenvalue weighted by atomic mass is 10.2. The Labute approximate surface area is 142 Å². The highest BCUT2D eigenvalue weighted by molar-refractivity contribution is 5.92. The van der Waals surface area contributed by atoms with E-state index in [-0.39, 0.29) is 23.7 Å². The SMILES string of the molecule is CCOC(=O)c1ccc2ccc(NC=C(C#N)c3nn[nH]n3)cc2n1. The maximum atomic E-state index is 11.8. The number of anilines is 1. The highest BCUT2D eigenvalue weighted by Gasteiger charge is 2.09. The number of ether oxygens (including phenoxy) is 1. The van der Waals surface area contributed by atoms with Crippen molar-refractivity contribution in [2.45, 2.75) is 6.92 Å². The summed E-state index contributed by atoms with van der Waals surface area (Å²) in [6, 6.07) is 10.9. The highest BCUT2D eigenvalue weighted by atomic mass is 16.5. The molecule has 9 heteroatoms. The standard InChI is InChI=1S/C16H13N7O2/c1-2-25-16(24)13-6-4-10-3-5-12(7-14(10)19-13)18-9-11(8-17)15-20-22-23-21-15/h3-7,9,18H,2H2,1H3,(H,20,21,22,23). The van der Waals surface area contributed by atoms with Gasteiger partial charge in [0.05, 0.1) is 12.1 Å². The molecule has 0 aliphatic heterocycles. The number of carbonyl (C=O) groups is 1. The van der Waals surface area contributed by atoms with Gasteiger partial charge in [-0.2, -0.15) is 10.5 Å². The van der Waals surface area contributed by atoms with Gasteiger partial charge < -0.3 is 10.1 Å². The molecule has 2 heterocycles. The minimum absolute atomic E-state index is 0.193. The molecule has 3 rings (SSSR count). The summed E-state index contributed by atoms with van der Waals surface area (Å²) in [6.07, 6.45) is 1.47. The summed E-state index contributed by atoms with van der Waals surface area (Å²) in [7, 11) is 0. The normalized spacial score (nSPS) is 11.1. The number of nitrogens with one attached hydrogen (secondary N) is 2. The van der Waals surface area contributed by atoms with Gasteiger partial charge in [-0.15, -0.1) is 10.2 Å². The zero-order valence-corrected chi connectivity index (χ0v) is 13.2. The zero-order chi connectivity index (χ0) is 17.6. The molecule has 0 saturated heterocycles. The number of aromatic amines is 1. The van der Waals surface area contributed by atoms with Gasteiger partial charge >= 0.3 is 5.97 Å². The molecule has 2 aromatic heterocycles. The summed E-state index contributed by atoms with van der Waals surface area (Å²) < 4.78 is 4.96. The van der Waals surface area contributed by atoms with Crippen LogP contribution in [0.2, 0.25) is 0 Å². The van der Waals surface area contributed by atoms with Crippen LogP contribution >= 0.6 is 0 Å². The van der Waals surface area contributed by atoms with Crippen LogP contribution in [0, 0.1) is 11.3 Å². The van der Waals surface area contributed by atoms with Crippen molar-refractivity contribution in [1.82, 2.24) is 25.6 Å². The third kappa shape index (κ3) is 3.59. The van der Waals surface area contributed by atoms with Gasteiger partial charge in [0.1, 0.15) is 17.3 Å². The van der Waals surface area contributed by atoms with Crippen molar-refractivity contribution in [2.24, 2.45) is 0 Å². The summed E-state index contributed by atoms with van der Waals surface area (Å²) in [5, 5.41) is 26.2. The van der Waals surface area contributed by atoms with E-state index in [1.54, 1.807) is 25.1 Å². The minimum Gasteiger partial charge on any atom is -0.461 e. The Kier molecular flexibility index (Phi) is 4.62. The average Bonchev–Trinajstić information content (AvgIpc) is 3.16. The molecule has 0 radical (unpaired) electrons. The van der Waals surface area contributed by atoms with Crippen LogP contribution < -0.4 is 5.32 Å². The number of nitriles is 1. The Hall–Kier alpha value is -3.80. The fourth-order valence-electron chi connectivity index (χ4n) is 2.10. The molecule has 2 N–H and O–H groups in total. The summed E-state index contributed by atoms with van der Waals surface area (Å²) in [4.78, 5) is 16.1. The van der Waals surface area contributed by atoms with E-state index >= 15 is 0 Å². The number of benzene rings is 1. The van der Waals surface area contributed by atoms with Crippen molar-refractivity contribution in [1.29, 1.82) is 5.26 Å². The number of nitrogens with zero attached hydrogens (tertiary/aromatic N) is 5. The Morgan fingerprint density at radius 3 is 2.96 bits per heavy atom. The summed E-state index contributed by atoms with van der Waals surface area (Å²) in [5.74, 6) is -0.273. The van der Waals surface area contributed by atoms with E-state index in [9.17, 15) is 4.79 Å². The van der Waals surface area contributed by atoms with E-state index in [0.29, 0.717) is 11.2 Å². The second-order valence-corrected chi connectivity index (χ2v) is 4.87. The van der Waals surface area contributed by atoms with Gasteiger partial charge in [-0.05, 0) is 30.3 Å². The van der Waals surface area contributed by atoms with Gasteiger partial charge in [0, 0.05) is 17.3 Å². The van der Waals surface area contributed by atoms with E-state index in [1.165, 1.54) is 6.20 Å². The van der Waals surface area contributed by atoms with Crippen molar-refractivity contribution in [3.05, 3.63) is 48.1 Å². The van der Waals surface area contributed by atoms with Crippen molar-refractivity contribution >= 4 is 28.1 Å². The van der Waals surface area contributed by atoms with Gasteiger partial charge in [0.2, 0.25) is 5.82 Å². The number of aromatic nitrogens is 5. The first-order valence-electron chi connectivity index (χ1n) is 7.40. The van der Waals surface area contributed by atoms with Crippen molar-refractivity contribution in [3.8, 4) is 6.07 Å². The number of hydrogen-bond donors (Lipinski definition) is 2. The van der Waals surface area contributed by atoms with Gasteiger partial charge in [-0.25, -0.2) is 9.78 Å². The van der Waals surface area contributed by atoms with Crippen LogP contribution in [-0.4, -0.2) is 38.2 Å². The molecule has 0 unspecified atom stereocenters. The lowest BCUT2D eigenvalue weighted by Crippen LogP contribution is -2.06. The molecule has 3 aromatic rings. The summed E-state index contributed by atoms with van der Waals surface area (Å²) in [5.41, 5.74) is 1.79. The number of H-pyrrole nitrogens is 1. The second-order valence-electron chi connectivity index (χ2n) is 4.87. The minimum atomic E-state index is -0.466. The van der Waals surface area contributed by atoms with Gasteiger partial charge in [-0.3, -0.25) is 0 Å². The third-order valence-corrected chi connectivity index (χ3v) is 3.27. The number of allylic oxidation sites excluding steroid dienone is 1. The smallest absolute Gasteiger partial charge is 0.356 e. The Morgan fingerprint density at radius 1 is 1.40 bits per heavy atom. The van der Waals surface area contributed by atoms with Crippen LogP contribution in [0.5, 0.6) is 0 Å². The molecule has 0 aliphatic rings. The molecule has 25 heavy (non-hydrogen) atoms. The van der Waals surface area contributed by atoms with Crippen LogP contribution in [0.1, 0.15) is 23.2 Å². The molecule has 0 bridgehead atoms. The molecule has 1 aromatic carbocycles. The summed E-state index contributed by atoms with van der Waals surface area (Å²) >= 11 is 0. The first-order valence-corrected chi connectivity index (χ1v) is 7.40. The maximum absolute atomic E-state index is 11.8. The highest BCUT2D eigenvalue weighted by Crippen LogP contribution is 2.19. The predicted octanol–water partition coefficient (Wildman–Crippen LogP) is 1.90. The van der Waals surface area contributed by atoms with Crippen LogP contribution in [-0.2, 0) is 4.74 Å². The Bertz CT molecular complexity index is 974. The zero-order valence-electron chi connectivity index (χ0n) is 13.2. The molecule has 9 nitrogen and oxygen atoms in total. The number of hydrogen-bond acceptors (Lipinski definition) is 8. The van der Waals surface area contributed by atoms with Crippen LogP contribution in [0.4, 0.5) is 5.69 Å². The molecule has 0 fully saturated rings. The van der Waals surface area contributed by atoms with Crippen molar-refractivity contribution < 1.29 is 9.53 Å². The first-order chi connectivity index (χ1) is 12.2. The lowest BCUT2D eigenvalue weighted by molar-refractivity contribution is 0.0520. The number of rotatable bonds is 5. The number of pyridine rings is 1. The number of esters is 1. The van der Waals surface area contributed by atoms with Crippen molar-refractivity contribution in [2.75, 3.05) is 11.9 Å². The largest absolute Gasteiger partial charge is 0.461 e. The van der Waals surface area contributed by atoms with Crippen molar-refractivity contribution in [3.63, 3.8) is 0 Å². The fourth-order valence-corrected chi connectivity index (χ4v) is 2.10. The van der Waals surface area contributed by atoms with Gasteiger partial charge in [0.25, 0.3) is 0 Å². The molecular weight excluding hydrogens is 322 g/mol. The average molecular weight is 335 g/mol. The molecular formula is C16H13N7O2. The fraction of sp³-hybridized carbons (Fsp3) is 0.125. The number of fused-ring (bicyclic) bond motifs is 1. The predicted molar refractivity (Wildman–Crippen MR) is 89.1 cm³/mol. The van der Waals surface area contributed by atoms with Crippen LogP contribution in [0.25, 0.3) is 16.5 Å². The molecule has 0 atom stereocenters. The van der Waals surface area contributed by atoms with E-state index in [4.69, 9.17) is 10.00 Å². The molecule has 0 spiro atoms. The van der Waals surface area contributed by atoms with E-state index in [1.807, 2.05) is 18.2 Å². The van der Waals surface area contributed by atoms with Crippen LogP contribution in [0.15, 0.2) is 36.5 Å². The summed E-state index contributed by atoms with van der Waals surface area (Å²) in [6.45, 7) is 2.03. The van der Waals surface area contributed by atoms with E-state index in [2.05, 4.69) is 30.9 Å². The quantitative estimate of drug-likeness (QED) is 0.534. The Balaban J connectivity index is 1.87. The second kappa shape index (κ2) is 7.18. The maximum Gasteiger partial charge on any atom is 0.356 e. The molecule has 0 saturated carbocycles. The molecule has 0 aliphatic carbocycles. The number of carbonyl (C=O) groups excluding carboxylic acids is 1. The van der Waals surface area contributed by atoms with Gasteiger partial charge in [0.15, 0.2) is 0 Å². The van der Waals surface area contributed by atoms with Crippen LogP contribution in [0.3, 0.4) is 0 Å². The third-order valence-electron chi connectivity index (χ3n) is 3.27.